The van der Waals surface area contributed by atoms with Gasteiger partial charge in [-0.25, -0.2) is 0 Å². The molecular formula is C25H36IrNSi-. The monoisotopic (exact) mass is 571 g/mol. The van der Waals surface area contributed by atoms with Gasteiger partial charge in [0.15, 0.2) is 0 Å². The van der Waals surface area contributed by atoms with Crippen molar-refractivity contribution in [3.63, 3.8) is 0 Å². The van der Waals surface area contributed by atoms with Gasteiger partial charge >= 0.3 is 0 Å². The molecule has 1 nitrogen and oxygen atoms in total. The van der Waals surface area contributed by atoms with Gasteiger partial charge in [-0.2, -0.15) is 0 Å². The zero-order valence-corrected chi connectivity index (χ0v) is 22.1. The summed E-state index contributed by atoms with van der Waals surface area (Å²) >= 11 is 0. The predicted octanol–water partition coefficient (Wildman–Crippen LogP) is 6.43. The Morgan fingerprint density at radius 3 is 2.29 bits per heavy atom. The molecule has 0 saturated heterocycles. The summed E-state index contributed by atoms with van der Waals surface area (Å²) in [6.07, 6.45) is 9.03. The van der Waals surface area contributed by atoms with E-state index in [2.05, 4.69) is 77.8 Å². The summed E-state index contributed by atoms with van der Waals surface area (Å²) in [5, 5.41) is 1.54. The van der Waals surface area contributed by atoms with Crippen LogP contribution in [0.1, 0.15) is 63.1 Å². The first-order valence-electron chi connectivity index (χ1n) is 10.6. The molecule has 0 unspecified atom stereocenters. The number of rotatable bonds is 4. The van der Waals surface area contributed by atoms with Crippen LogP contribution < -0.4 is 5.19 Å². The fourth-order valence-electron chi connectivity index (χ4n) is 4.32. The molecule has 1 aromatic heterocycles. The zero-order chi connectivity index (χ0) is 19.8. The van der Waals surface area contributed by atoms with Crippen molar-refractivity contribution in [1.82, 2.24) is 4.98 Å². The zero-order valence-electron chi connectivity index (χ0n) is 18.7. The average molecular weight is 571 g/mol. The first-order chi connectivity index (χ1) is 12.6. The van der Waals surface area contributed by atoms with Crippen LogP contribution in [0.25, 0.3) is 11.3 Å². The van der Waals surface area contributed by atoms with Crippen molar-refractivity contribution >= 4 is 13.3 Å². The Balaban J connectivity index is 0.00000280. The third-order valence-corrected chi connectivity index (χ3v) is 8.11. The molecule has 1 aliphatic rings. The molecule has 0 bridgehead atoms. The standard InChI is InChI=1S/C25H36NSi.Ir/c1-18-14-21(25(2,3)4)12-13-22(18)23-16-20(15-19-10-8-9-11-19)24(17-26-23)27(5,6)7;/h12,14,16-17,19H,8-11,15H2,1-7H3;/q-1;. The van der Waals surface area contributed by atoms with E-state index in [-0.39, 0.29) is 25.5 Å². The Morgan fingerprint density at radius 1 is 1.11 bits per heavy atom. The molecule has 0 N–H and O–H groups in total. The number of benzene rings is 1. The van der Waals surface area contributed by atoms with E-state index >= 15 is 0 Å². The molecule has 155 valence electrons. The van der Waals surface area contributed by atoms with Gasteiger partial charge in [0.25, 0.3) is 0 Å². The van der Waals surface area contributed by atoms with E-state index in [0.717, 1.165) is 17.2 Å². The van der Waals surface area contributed by atoms with Crippen LogP contribution in [0.5, 0.6) is 0 Å². The molecular weight excluding hydrogens is 535 g/mol. The Hall–Kier alpha value is -0.764. The second-order valence-corrected chi connectivity index (χ2v) is 15.6. The molecule has 3 heteroatoms. The van der Waals surface area contributed by atoms with Gasteiger partial charge in [0.2, 0.25) is 0 Å². The van der Waals surface area contributed by atoms with Crippen LogP contribution in [-0.2, 0) is 31.9 Å². The molecule has 0 amide bonds. The van der Waals surface area contributed by atoms with Crippen LogP contribution in [-0.4, -0.2) is 13.1 Å². The summed E-state index contributed by atoms with van der Waals surface area (Å²) < 4.78 is 0. The van der Waals surface area contributed by atoms with E-state index in [9.17, 15) is 0 Å². The van der Waals surface area contributed by atoms with Crippen LogP contribution >= 0.6 is 0 Å². The van der Waals surface area contributed by atoms with Gasteiger partial charge in [0.05, 0.1) is 8.07 Å². The van der Waals surface area contributed by atoms with Gasteiger partial charge in [0.1, 0.15) is 0 Å². The fraction of sp³-hybridized carbons (Fsp3) is 0.560. The molecule has 1 aromatic carbocycles. The third kappa shape index (κ3) is 5.43. The van der Waals surface area contributed by atoms with Gasteiger partial charge in [-0.15, -0.1) is 34.9 Å². The van der Waals surface area contributed by atoms with Crippen LogP contribution in [0.4, 0.5) is 0 Å². The summed E-state index contributed by atoms with van der Waals surface area (Å²) in [5.41, 5.74) is 6.60. The Kier molecular flexibility index (Phi) is 7.51. The molecule has 2 aromatic rings. The quantitative estimate of drug-likeness (QED) is 0.305. The number of nitrogens with zero attached hydrogens (tertiary/aromatic N) is 1. The first kappa shape index (κ1) is 23.5. The van der Waals surface area contributed by atoms with E-state index in [4.69, 9.17) is 4.98 Å². The second-order valence-electron chi connectivity index (χ2n) is 10.5. The van der Waals surface area contributed by atoms with Crippen LogP contribution in [0, 0.1) is 18.9 Å². The van der Waals surface area contributed by atoms with Crippen LogP contribution in [0.15, 0.2) is 24.4 Å². The SMILES string of the molecule is Cc1cc(C(C)(C)C)c[c-]c1-c1cc(CC2CCCC2)c([Si](C)(C)C)cn1.[Ir]. The number of aryl methyl sites for hydroxylation is 1. The molecule has 1 aliphatic carbocycles. The van der Waals surface area contributed by atoms with Gasteiger partial charge in [-0.1, -0.05) is 84.6 Å². The summed E-state index contributed by atoms with van der Waals surface area (Å²) in [5.74, 6) is 0.865. The molecule has 0 atom stereocenters. The number of hydrogen-bond acceptors (Lipinski definition) is 1. The number of aromatic nitrogens is 1. The van der Waals surface area contributed by atoms with Gasteiger partial charge in [-0.05, 0) is 28.6 Å². The van der Waals surface area contributed by atoms with Crippen molar-refractivity contribution in [2.24, 2.45) is 5.92 Å². The molecule has 1 radical (unpaired) electrons. The normalized spacial score (nSPS) is 15.5. The largest absolute Gasteiger partial charge is 0.305 e. The van der Waals surface area contributed by atoms with Crippen LogP contribution in [0.2, 0.25) is 19.6 Å². The van der Waals surface area contributed by atoms with E-state index in [1.165, 1.54) is 43.2 Å². The predicted molar refractivity (Wildman–Crippen MR) is 121 cm³/mol. The molecule has 1 fully saturated rings. The van der Waals surface area contributed by atoms with Crippen molar-refractivity contribution in [2.45, 2.75) is 84.9 Å². The maximum Gasteiger partial charge on any atom is 0.0798 e. The molecule has 0 aliphatic heterocycles. The Bertz CT molecular complexity index is 808. The molecule has 0 spiro atoms. The van der Waals surface area contributed by atoms with E-state index < -0.39 is 8.07 Å². The second kappa shape index (κ2) is 8.94. The van der Waals surface area contributed by atoms with Crippen molar-refractivity contribution < 1.29 is 20.1 Å². The smallest absolute Gasteiger partial charge is 0.0798 e. The summed E-state index contributed by atoms with van der Waals surface area (Å²) in [6.45, 7) is 16.3. The van der Waals surface area contributed by atoms with E-state index in [1.807, 2.05) is 0 Å². The molecule has 3 rings (SSSR count). The van der Waals surface area contributed by atoms with Gasteiger partial charge < -0.3 is 4.98 Å². The number of pyridine rings is 1. The van der Waals surface area contributed by atoms with Gasteiger partial charge in [0, 0.05) is 26.3 Å². The minimum atomic E-state index is -1.39. The van der Waals surface area contributed by atoms with Crippen molar-refractivity contribution in [2.75, 3.05) is 0 Å². The minimum Gasteiger partial charge on any atom is -0.305 e. The van der Waals surface area contributed by atoms with Crippen molar-refractivity contribution in [1.29, 1.82) is 0 Å². The molecule has 1 heterocycles. The van der Waals surface area contributed by atoms with Crippen molar-refractivity contribution in [3.05, 3.63) is 47.2 Å². The summed E-state index contributed by atoms with van der Waals surface area (Å²) in [6, 6.07) is 10.4. The minimum absolute atomic E-state index is 0. The van der Waals surface area contributed by atoms with E-state index in [0.29, 0.717) is 0 Å². The van der Waals surface area contributed by atoms with E-state index in [1.54, 1.807) is 10.8 Å². The first-order valence-corrected chi connectivity index (χ1v) is 14.1. The summed E-state index contributed by atoms with van der Waals surface area (Å²) in [7, 11) is -1.39. The number of hydrogen-bond donors (Lipinski definition) is 0. The average Bonchev–Trinajstić information content (AvgIpc) is 3.05. The van der Waals surface area contributed by atoms with Crippen molar-refractivity contribution in [3.8, 4) is 11.3 Å². The van der Waals surface area contributed by atoms with Crippen LogP contribution in [0.3, 0.4) is 0 Å². The molecule has 1 saturated carbocycles. The third-order valence-electron chi connectivity index (χ3n) is 6.04. The maximum atomic E-state index is 4.91. The maximum absolute atomic E-state index is 4.91. The summed E-state index contributed by atoms with van der Waals surface area (Å²) in [4.78, 5) is 4.91. The topological polar surface area (TPSA) is 12.9 Å². The molecule has 28 heavy (non-hydrogen) atoms. The Labute approximate surface area is 187 Å². The fourth-order valence-corrected chi connectivity index (χ4v) is 5.91. The Morgan fingerprint density at radius 2 is 1.75 bits per heavy atom. The van der Waals surface area contributed by atoms with Gasteiger partial charge in [-0.3, -0.25) is 0 Å².